The first kappa shape index (κ1) is 17.8. The molecule has 0 aliphatic heterocycles. The Kier molecular flexibility index (Phi) is 5.41. The van der Waals surface area contributed by atoms with Gasteiger partial charge >= 0.3 is 0 Å². The Balaban J connectivity index is 1.52. The molecular formula is C20H23N5O. The van der Waals surface area contributed by atoms with Gasteiger partial charge in [-0.25, -0.2) is 0 Å². The molecule has 0 spiro atoms. The second-order valence-corrected chi connectivity index (χ2v) is 6.41. The van der Waals surface area contributed by atoms with E-state index in [1.165, 1.54) is 5.56 Å². The van der Waals surface area contributed by atoms with Gasteiger partial charge < -0.3 is 5.32 Å². The SMILES string of the molecule is Cc1ccc(-c2ccc(C(=O)NCCCc3c(C)n[nH]c3C)cc2)nn1. The molecule has 0 atom stereocenters. The molecule has 2 N–H and O–H groups in total. The van der Waals surface area contributed by atoms with Crippen molar-refractivity contribution in [2.45, 2.75) is 33.6 Å². The average Bonchev–Trinajstić information content (AvgIpc) is 2.97. The molecule has 0 bridgehead atoms. The predicted octanol–water partition coefficient (Wildman–Crippen LogP) is 3.15. The number of nitrogens with one attached hydrogen (secondary N) is 2. The molecule has 1 aromatic carbocycles. The Hall–Kier alpha value is -3.02. The van der Waals surface area contributed by atoms with E-state index in [4.69, 9.17) is 0 Å². The van der Waals surface area contributed by atoms with Gasteiger partial charge in [-0.3, -0.25) is 9.89 Å². The van der Waals surface area contributed by atoms with E-state index in [0.29, 0.717) is 12.1 Å². The third-order valence-electron chi connectivity index (χ3n) is 4.41. The third-order valence-corrected chi connectivity index (χ3v) is 4.41. The maximum Gasteiger partial charge on any atom is 0.251 e. The first-order valence-corrected chi connectivity index (χ1v) is 8.74. The summed E-state index contributed by atoms with van der Waals surface area (Å²) in [5, 5.41) is 18.4. The van der Waals surface area contributed by atoms with Crippen LogP contribution in [0, 0.1) is 20.8 Å². The van der Waals surface area contributed by atoms with Crippen molar-refractivity contribution in [2.75, 3.05) is 6.54 Å². The van der Waals surface area contributed by atoms with Crippen LogP contribution in [-0.4, -0.2) is 32.8 Å². The van der Waals surface area contributed by atoms with E-state index in [9.17, 15) is 4.79 Å². The van der Waals surface area contributed by atoms with Crippen LogP contribution in [0.4, 0.5) is 0 Å². The minimum Gasteiger partial charge on any atom is -0.352 e. The van der Waals surface area contributed by atoms with E-state index < -0.39 is 0 Å². The molecule has 134 valence electrons. The normalized spacial score (nSPS) is 10.7. The molecule has 0 radical (unpaired) electrons. The highest BCUT2D eigenvalue weighted by Gasteiger charge is 2.08. The second kappa shape index (κ2) is 7.91. The maximum atomic E-state index is 12.3. The highest BCUT2D eigenvalue weighted by molar-refractivity contribution is 5.94. The van der Waals surface area contributed by atoms with Crippen LogP contribution in [0.2, 0.25) is 0 Å². The van der Waals surface area contributed by atoms with E-state index in [2.05, 4.69) is 25.7 Å². The number of nitrogens with zero attached hydrogens (tertiary/aromatic N) is 3. The van der Waals surface area contributed by atoms with Crippen molar-refractivity contribution in [2.24, 2.45) is 0 Å². The summed E-state index contributed by atoms with van der Waals surface area (Å²) in [7, 11) is 0. The smallest absolute Gasteiger partial charge is 0.251 e. The molecule has 0 saturated carbocycles. The van der Waals surface area contributed by atoms with Crippen molar-refractivity contribution < 1.29 is 4.79 Å². The Morgan fingerprint density at radius 3 is 2.42 bits per heavy atom. The predicted molar refractivity (Wildman–Crippen MR) is 101 cm³/mol. The summed E-state index contributed by atoms with van der Waals surface area (Å²) in [6.07, 6.45) is 1.78. The van der Waals surface area contributed by atoms with Gasteiger partial charge in [-0.15, -0.1) is 0 Å². The molecule has 2 heterocycles. The number of aryl methyl sites for hydroxylation is 3. The summed E-state index contributed by atoms with van der Waals surface area (Å²) in [6.45, 7) is 6.55. The van der Waals surface area contributed by atoms with Crippen molar-refractivity contribution in [1.29, 1.82) is 0 Å². The van der Waals surface area contributed by atoms with E-state index in [1.54, 1.807) is 0 Å². The zero-order chi connectivity index (χ0) is 18.5. The number of hydrogen-bond donors (Lipinski definition) is 2. The maximum absolute atomic E-state index is 12.3. The molecule has 3 rings (SSSR count). The zero-order valence-corrected chi connectivity index (χ0v) is 15.3. The quantitative estimate of drug-likeness (QED) is 0.670. The molecule has 0 unspecified atom stereocenters. The van der Waals surface area contributed by atoms with Crippen LogP contribution in [0.1, 0.15) is 39.4 Å². The molecule has 1 amide bonds. The van der Waals surface area contributed by atoms with Crippen molar-refractivity contribution in [3.05, 3.63) is 64.6 Å². The van der Waals surface area contributed by atoms with Crippen molar-refractivity contribution in [3.8, 4) is 11.3 Å². The van der Waals surface area contributed by atoms with Gasteiger partial charge in [0, 0.05) is 23.4 Å². The zero-order valence-electron chi connectivity index (χ0n) is 15.3. The van der Waals surface area contributed by atoms with Gasteiger partial charge in [0.05, 0.1) is 17.1 Å². The van der Waals surface area contributed by atoms with Crippen molar-refractivity contribution >= 4 is 5.91 Å². The average molecular weight is 349 g/mol. The second-order valence-electron chi connectivity index (χ2n) is 6.41. The summed E-state index contributed by atoms with van der Waals surface area (Å²) in [5.74, 6) is -0.0628. The molecule has 3 aromatic rings. The van der Waals surface area contributed by atoms with Crippen molar-refractivity contribution in [3.63, 3.8) is 0 Å². The number of carbonyl (C=O) groups is 1. The number of hydrogen-bond acceptors (Lipinski definition) is 4. The summed E-state index contributed by atoms with van der Waals surface area (Å²) in [6, 6.07) is 11.3. The number of amides is 1. The molecule has 26 heavy (non-hydrogen) atoms. The van der Waals surface area contributed by atoms with E-state index >= 15 is 0 Å². The minimum absolute atomic E-state index is 0.0628. The largest absolute Gasteiger partial charge is 0.352 e. The number of aromatic nitrogens is 4. The Morgan fingerprint density at radius 1 is 1.04 bits per heavy atom. The fraction of sp³-hybridized carbons (Fsp3) is 0.300. The first-order chi connectivity index (χ1) is 12.5. The van der Waals surface area contributed by atoms with Gasteiger partial charge in [-0.1, -0.05) is 12.1 Å². The number of aromatic amines is 1. The fourth-order valence-electron chi connectivity index (χ4n) is 2.86. The lowest BCUT2D eigenvalue weighted by Gasteiger charge is -2.07. The van der Waals surface area contributed by atoms with Crippen LogP contribution < -0.4 is 5.32 Å². The number of rotatable bonds is 6. The van der Waals surface area contributed by atoms with Crippen LogP contribution in [-0.2, 0) is 6.42 Å². The number of benzene rings is 1. The molecule has 0 aliphatic rings. The highest BCUT2D eigenvalue weighted by Crippen LogP contribution is 2.17. The lowest BCUT2D eigenvalue weighted by molar-refractivity contribution is 0.0953. The fourth-order valence-corrected chi connectivity index (χ4v) is 2.86. The van der Waals surface area contributed by atoms with E-state index in [0.717, 1.165) is 41.2 Å². The number of H-pyrrole nitrogens is 1. The number of carbonyl (C=O) groups excluding carboxylic acids is 1. The lowest BCUT2D eigenvalue weighted by atomic mass is 10.1. The molecule has 6 nitrogen and oxygen atoms in total. The van der Waals surface area contributed by atoms with Crippen LogP contribution in [0.15, 0.2) is 36.4 Å². The third kappa shape index (κ3) is 4.14. The first-order valence-electron chi connectivity index (χ1n) is 8.74. The van der Waals surface area contributed by atoms with Gasteiger partial charge in [-0.05, 0) is 63.4 Å². The summed E-state index contributed by atoms with van der Waals surface area (Å²) >= 11 is 0. The monoisotopic (exact) mass is 349 g/mol. The molecule has 0 aliphatic carbocycles. The summed E-state index contributed by atoms with van der Waals surface area (Å²) < 4.78 is 0. The summed E-state index contributed by atoms with van der Waals surface area (Å²) in [4.78, 5) is 12.3. The standard InChI is InChI=1S/C20H23N5O/c1-13-6-11-19(25-22-13)16-7-9-17(10-8-16)20(26)21-12-4-5-18-14(2)23-24-15(18)3/h6-11H,4-5,12H2,1-3H3,(H,21,26)(H,23,24). The van der Waals surface area contributed by atoms with Gasteiger partial charge in [0.25, 0.3) is 5.91 Å². The lowest BCUT2D eigenvalue weighted by Crippen LogP contribution is -2.24. The van der Waals surface area contributed by atoms with Crippen LogP contribution in [0.25, 0.3) is 11.3 Å². The molecule has 6 heteroatoms. The molecule has 0 fully saturated rings. The topological polar surface area (TPSA) is 83.6 Å². The Labute approximate surface area is 153 Å². The highest BCUT2D eigenvalue weighted by atomic mass is 16.1. The van der Waals surface area contributed by atoms with Gasteiger partial charge in [-0.2, -0.15) is 15.3 Å². The van der Waals surface area contributed by atoms with Crippen molar-refractivity contribution in [1.82, 2.24) is 25.7 Å². The summed E-state index contributed by atoms with van der Waals surface area (Å²) in [5.41, 5.74) is 6.64. The van der Waals surface area contributed by atoms with Gasteiger partial charge in [0.15, 0.2) is 0 Å². The van der Waals surface area contributed by atoms with E-state index in [1.807, 2.05) is 57.2 Å². The molecule has 2 aromatic heterocycles. The molecule has 0 saturated heterocycles. The van der Waals surface area contributed by atoms with E-state index in [-0.39, 0.29) is 5.91 Å². The van der Waals surface area contributed by atoms with Crippen LogP contribution in [0.5, 0.6) is 0 Å². The van der Waals surface area contributed by atoms with Gasteiger partial charge in [0.2, 0.25) is 0 Å². The molecular weight excluding hydrogens is 326 g/mol. The Morgan fingerprint density at radius 2 is 1.81 bits per heavy atom. The van der Waals surface area contributed by atoms with Crippen LogP contribution >= 0.6 is 0 Å². The Bertz CT molecular complexity index is 862. The van der Waals surface area contributed by atoms with Crippen LogP contribution in [0.3, 0.4) is 0 Å². The minimum atomic E-state index is -0.0628. The van der Waals surface area contributed by atoms with Gasteiger partial charge in [0.1, 0.15) is 0 Å².